The number of carbonyl (C=O) groups excluding carboxylic acids is 3. The van der Waals surface area contributed by atoms with Crippen LogP contribution < -0.4 is 20.8 Å². The second-order valence-electron chi connectivity index (χ2n) is 18.0. The molecular weight excluding hydrogens is 785 g/mol. The molecule has 1 saturated heterocycles. The first-order valence-electron chi connectivity index (χ1n) is 21.2. The summed E-state index contributed by atoms with van der Waals surface area (Å²) in [5.74, 6) is -6.57. The number of rotatable bonds is 4. The van der Waals surface area contributed by atoms with Crippen LogP contribution in [-0.4, -0.2) is 106 Å². The Morgan fingerprint density at radius 2 is 1.66 bits per heavy atom. The maximum atomic E-state index is 14.7. The SMILES string of the molecule is CO[C@H]1/C=C\OC2(C)Oc3c(C)c(O)c4c(O)c(c5c(c4c3C2=O)NC2(CCN(CC(C)C)CC2)N=5)=NC(=O)/C(C)=C\C=C[C@H](C)[C@H](O)[C@@H](C)[C@@H](O)[C@@H](C)[C@H](OC(C)=O)[C@@H]1C. The van der Waals surface area contributed by atoms with Gasteiger partial charge in [0.25, 0.3) is 11.7 Å². The van der Waals surface area contributed by atoms with E-state index in [4.69, 9.17) is 23.9 Å². The molecule has 2 aromatic rings. The van der Waals surface area contributed by atoms with Gasteiger partial charge in [-0.2, -0.15) is 0 Å². The van der Waals surface area contributed by atoms with E-state index in [1.807, 2.05) is 0 Å². The molecule has 1 spiro atoms. The Bertz CT molecular complexity index is 2300. The fraction of sp³-hybridized carbons (Fsp3) is 0.587. The van der Waals surface area contributed by atoms with Gasteiger partial charge in [0.05, 0.1) is 41.2 Å². The molecular formula is C46H62N4O11. The van der Waals surface area contributed by atoms with Crippen molar-refractivity contribution in [2.75, 3.05) is 32.1 Å². The maximum absolute atomic E-state index is 14.7. The number of amides is 1. The van der Waals surface area contributed by atoms with Crippen molar-refractivity contribution in [1.29, 1.82) is 0 Å². The van der Waals surface area contributed by atoms with Gasteiger partial charge in [-0.3, -0.25) is 19.4 Å². The molecule has 1 fully saturated rings. The number of hydrogen-bond donors (Lipinski definition) is 5. The van der Waals surface area contributed by atoms with Crippen molar-refractivity contribution >= 4 is 34.1 Å². The number of piperidine rings is 1. The maximum Gasteiger partial charge on any atom is 0.312 e. The van der Waals surface area contributed by atoms with Gasteiger partial charge < -0.3 is 49.6 Å². The molecule has 15 nitrogen and oxygen atoms in total. The number of carbonyl (C=O) groups is 3. The zero-order valence-corrected chi connectivity index (χ0v) is 37.1. The van der Waals surface area contributed by atoms with Gasteiger partial charge in [-0.05, 0) is 25.8 Å². The minimum atomic E-state index is -1.95. The molecule has 0 radical (unpaired) electrons. The first kappa shape index (κ1) is 45.7. The van der Waals surface area contributed by atoms with E-state index in [-0.39, 0.29) is 49.7 Å². The lowest BCUT2D eigenvalue weighted by atomic mass is 9.78. The topological polar surface area (TPSA) is 209 Å². The molecule has 6 rings (SSSR count). The summed E-state index contributed by atoms with van der Waals surface area (Å²) in [6.45, 7) is 19.6. The number of hydrogen-bond acceptors (Lipinski definition) is 14. The molecule has 4 heterocycles. The van der Waals surface area contributed by atoms with Crippen LogP contribution in [-0.2, 0) is 23.8 Å². The van der Waals surface area contributed by atoms with Crippen LogP contribution >= 0.6 is 0 Å². The number of aromatic hydroxyl groups is 2. The molecule has 4 aliphatic heterocycles. The lowest BCUT2D eigenvalue weighted by molar-refractivity contribution is -0.160. The fourth-order valence-corrected chi connectivity index (χ4v) is 9.24. The van der Waals surface area contributed by atoms with Crippen LogP contribution in [0, 0.1) is 36.5 Å². The molecule has 2 aromatic carbocycles. The third kappa shape index (κ3) is 8.54. The Hall–Kier alpha value is -4.83. The van der Waals surface area contributed by atoms with Crippen molar-refractivity contribution in [1.82, 2.24) is 4.90 Å². The monoisotopic (exact) mass is 846 g/mol. The van der Waals surface area contributed by atoms with Gasteiger partial charge in [-0.1, -0.05) is 59.8 Å². The van der Waals surface area contributed by atoms with Crippen LogP contribution in [0.15, 0.2) is 46.1 Å². The second kappa shape index (κ2) is 17.5. The third-order valence-corrected chi connectivity index (χ3v) is 12.9. The highest BCUT2D eigenvalue weighted by atomic mass is 16.7. The number of Topliss-reactive ketones (excluding diaryl/α,β-unsaturated/α-hetero) is 1. The van der Waals surface area contributed by atoms with Crippen molar-refractivity contribution in [3.63, 3.8) is 0 Å². The Morgan fingerprint density at radius 1 is 0.984 bits per heavy atom. The van der Waals surface area contributed by atoms with E-state index in [0.717, 1.165) is 19.6 Å². The summed E-state index contributed by atoms with van der Waals surface area (Å²) in [5, 5.41) is 50.5. The number of phenolic OH excluding ortho intramolecular Hbond substituents is 2. The number of allylic oxidation sites excluding steroid dienone is 2. The lowest BCUT2D eigenvalue weighted by Crippen LogP contribution is -2.47. The molecule has 5 N–H and O–H groups in total. The van der Waals surface area contributed by atoms with Crippen molar-refractivity contribution in [2.24, 2.45) is 39.6 Å². The largest absolute Gasteiger partial charge is 0.507 e. The Balaban J connectivity index is 1.55. The number of methoxy groups -OCH3 is 1. The highest BCUT2D eigenvalue weighted by Crippen LogP contribution is 2.51. The number of nitrogens with one attached hydrogen (secondary N) is 1. The minimum absolute atomic E-state index is 0.0538. The van der Waals surface area contributed by atoms with Crippen molar-refractivity contribution < 1.29 is 53.8 Å². The molecule has 1 unspecified atom stereocenters. The predicted molar refractivity (Wildman–Crippen MR) is 228 cm³/mol. The fourth-order valence-electron chi connectivity index (χ4n) is 9.24. The summed E-state index contributed by atoms with van der Waals surface area (Å²) >= 11 is 0. The first-order valence-corrected chi connectivity index (χ1v) is 21.2. The Labute approximate surface area is 356 Å². The summed E-state index contributed by atoms with van der Waals surface area (Å²) in [5.41, 5.74) is -0.111. The van der Waals surface area contributed by atoms with Gasteiger partial charge in [0.2, 0.25) is 0 Å². The zero-order valence-electron chi connectivity index (χ0n) is 37.1. The molecule has 15 heteroatoms. The lowest BCUT2D eigenvalue weighted by Gasteiger charge is -2.38. The van der Waals surface area contributed by atoms with Crippen molar-refractivity contribution in [3.8, 4) is 17.2 Å². The number of anilines is 1. The average Bonchev–Trinajstić information content (AvgIpc) is 3.71. The molecule has 0 aromatic heterocycles. The van der Waals surface area contributed by atoms with Crippen molar-refractivity contribution in [3.05, 3.63) is 58.0 Å². The summed E-state index contributed by atoms with van der Waals surface area (Å²) in [4.78, 5) is 52.9. The highest BCUT2D eigenvalue weighted by molar-refractivity contribution is 6.21. The number of ether oxygens (including phenoxy) is 4. The van der Waals surface area contributed by atoms with Crippen molar-refractivity contribution in [2.45, 2.75) is 118 Å². The Morgan fingerprint density at radius 3 is 2.28 bits per heavy atom. The minimum Gasteiger partial charge on any atom is -0.507 e. The highest BCUT2D eigenvalue weighted by Gasteiger charge is 2.51. The van der Waals surface area contributed by atoms with E-state index >= 15 is 0 Å². The average molecular weight is 847 g/mol. The van der Waals surface area contributed by atoms with Gasteiger partial charge in [0.1, 0.15) is 34.0 Å². The van der Waals surface area contributed by atoms with Crippen LogP contribution in [0.4, 0.5) is 5.69 Å². The van der Waals surface area contributed by atoms with E-state index in [0.29, 0.717) is 24.4 Å². The predicted octanol–water partition coefficient (Wildman–Crippen LogP) is 4.75. The first-order chi connectivity index (χ1) is 28.6. The van der Waals surface area contributed by atoms with E-state index in [2.05, 4.69) is 29.1 Å². The standard InChI is InChI=1S/C46H62N4O11/c1-22(2)21-50-18-16-46(17-19-50)48-34-31-32-39(54)28(8)42-33(31)43(56)45(10,61-42)59-20-15-30(58-11)25(5)41(60-29(9)51)27(7)38(53)26(6)37(52)23(3)13-12-14-24(4)44(57)47-36(40(32)55)35(34)49-46/h12-15,20,22-23,25-27,30,37-38,41,48,52-55H,16-19,21H2,1-11H3/b13-12?,20-15-,24-14-,47-36?/t23-,25+,26+,27+,30-,37-,38+,41+,45?/m0/s1. The van der Waals surface area contributed by atoms with Gasteiger partial charge in [0.15, 0.2) is 5.75 Å². The number of nitrogens with zero attached hydrogens (tertiary/aromatic N) is 3. The smallest absolute Gasteiger partial charge is 0.312 e. The number of ketones is 1. The molecule has 1 amide bonds. The summed E-state index contributed by atoms with van der Waals surface area (Å²) in [6.07, 6.45) is 5.07. The molecule has 332 valence electrons. The molecule has 0 saturated carbocycles. The van der Waals surface area contributed by atoms with E-state index in [1.54, 1.807) is 65.8 Å². The number of fused-ring (bicyclic) bond motifs is 1. The van der Waals surface area contributed by atoms with Crippen LogP contribution in [0.3, 0.4) is 0 Å². The van der Waals surface area contributed by atoms with Crippen LogP contribution in [0.2, 0.25) is 0 Å². The number of likely N-dealkylation sites (tertiary alicyclic amines) is 1. The number of esters is 1. The number of aliphatic hydroxyl groups excluding tert-OH is 2. The number of phenols is 2. The van der Waals surface area contributed by atoms with Crippen LogP contribution in [0.1, 0.15) is 91.1 Å². The van der Waals surface area contributed by atoms with Gasteiger partial charge in [0, 0.05) is 93.6 Å². The third-order valence-electron chi connectivity index (χ3n) is 12.9. The van der Waals surface area contributed by atoms with Gasteiger partial charge in [-0.15, -0.1) is 0 Å². The number of benzene rings is 2. The van der Waals surface area contributed by atoms with Crippen LogP contribution in [0.25, 0.3) is 10.8 Å². The molecule has 4 aliphatic rings. The van der Waals surface area contributed by atoms with E-state index in [9.17, 15) is 34.8 Å². The normalized spacial score (nSPS) is 32.1. The van der Waals surface area contributed by atoms with Gasteiger partial charge in [-0.25, -0.2) is 4.99 Å². The quantitative estimate of drug-likeness (QED) is 0.208. The molecule has 0 aliphatic carbocycles. The van der Waals surface area contributed by atoms with Gasteiger partial charge >= 0.3 is 11.8 Å². The summed E-state index contributed by atoms with van der Waals surface area (Å²) in [6, 6.07) is 0. The zero-order chi connectivity index (χ0) is 44.9. The molecule has 61 heavy (non-hydrogen) atoms. The molecule has 4 bridgehead atoms. The van der Waals surface area contributed by atoms with E-state index in [1.165, 1.54) is 27.2 Å². The summed E-state index contributed by atoms with van der Waals surface area (Å²) in [7, 11) is 1.47. The van der Waals surface area contributed by atoms with Crippen LogP contribution in [0.5, 0.6) is 17.2 Å². The number of aliphatic hydroxyl groups is 2. The second-order valence-corrected chi connectivity index (χ2v) is 18.0. The van der Waals surface area contributed by atoms with E-state index < -0.39 is 82.9 Å². The summed E-state index contributed by atoms with van der Waals surface area (Å²) < 4.78 is 24.0. The molecule has 9 atom stereocenters. The Kier molecular flexibility index (Phi) is 13.1.